The molecule has 28 heavy (non-hydrogen) atoms. The molecule has 1 aromatic carbocycles. The molecular formula is C22H23F2N3O. The van der Waals surface area contributed by atoms with E-state index in [1.807, 2.05) is 42.9 Å². The van der Waals surface area contributed by atoms with Gasteiger partial charge in [0.25, 0.3) is 0 Å². The van der Waals surface area contributed by atoms with E-state index in [4.69, 9.17) is 0 Å². The first-order valence-corrected chi connectivity index (χ1v) is 9.60. The van der Waals surface area contributed by atoms with E-state index in [9.17, 15) is 13.6 Å². The van der Waals surface area contributed by atoms with Crippen LogP contribution >= 0.6 is 0 Å². The summed E-state index contributed by atoms with van der Waals surface area (Å²) in [6.45, 7) is 1.96. The first kappa shape index (κ1) is 18.7. The lowest BCUT2D eigenvalue weighted by Crippen LogP contribution is -2.29. The third kappa shape index (κ3) is 3.68. The summed E-state index contributed by atoms with van der Waals surface area (Å²) in [7, 11) is 1.98. The number of carbonyl (C=O) groups is 1. The monoisotopic (exact) mass is 383 g/mol. The van der Waals surface area contributed by atoms with Crippen LogP contribution in [0.3, 0.4) is 0 Å². The number of aromatic nitrogens is 3. The molecule has 1 aliphatic rings. The maximum atomic E-state index is 13.3. The van der Waals surface area contributed by atoms with E-state index in [0.717, 1.165) is 27.9 Å². The van der Waals surface area contributed by atoms with Crippen molar-refractivity contribution in [3.8, 4) is 11.3 Å². The highest BCUT2D eigenvalue weighted by Gasteiger charge is 2.37. The van der Waals surface area contributed by atoms with Crippen molar-refractivity contribution in [3.63, 3.8) is 0 Å². The number of halogens is 2. The van der Waals surface area contributed by atoms with E-state index < -0.39 is 5.92 Å². The van der Waals surface area contributed by atoms with Gasteiger partial charge in [-0.1, -0.05) is 12.1 Å². The van der Waals surface area contributed by atoms with Crippen LogP contribution in [0.1, 0.15) is 37.2 Å². The van der Waals surface area contributed by atoms with Gasteiger partial charge in [-0.05, 0) is 37.3 Å². The van der Waals surface area contributed by atoms with E-state index >= 15 is 0 Å². The van der Waals surface area contributed by atoms with Crippen LogP contribution < -0.4 is 0 Å². The molecule has 1 aliphatic carbocycles. The number of Topliss-reactive ketones (excluding diaryl/α,β-unsaturated/α-hetero) is 1. The smallest absolute Gasteiger partial charge is 0.248 e. The molecule has 1 fully saturated rings. The molecule has 0 spiro atoms. The quantitative estimate of drug-likeness (QED) is 0.645. The van der Waals surface area contributed by atoms with Gasteiger partial charge in [0.1, 0.15) is 11.6 Å². The fourth-order valence-corrected chi connectivity index (χ4v) is 3.90. The lowest BCUT2D eigenvalue weighted by atomic mass is 9.83. The molecule has 4 rings (SSSR count). The predicted octanol–water partition coefficient (Wildman–Crippen LogP) is 4.88. The van der Waals surface area contributed by atoms with Crippen LogP contribution in [0.2, 0.25) is 0 Å². The molecule has 146 valence electrons. The Kier molecular flexibility index (Phi) is 4.73. The number of nitrogens with zero attached hydrogens (tertiary/aromatic N) is 3. The van der Waals surface area contributed by atoms with E-state index in [0.29, 0.717) is 5.69 Å². The molecular weight excluding hydrogens is 360 g/mol. The van der Waals surface area contributed by atoms with Crippen LogP contribution in [0.15, 0.2) is 36.7 Å². The van der Waals surface area contributed by atoms with E-state index in [1.165, 1.54) is 0 Å². The van der Waals surface area contributed by atoms with Crippen molar-refractivity contribution < 1.29 is 13.6 Å². The summed E-state index contributed by atoms with van der Waals surface area (Å²) in [4.78, 5) is 21.3. The van der Waals surface area contributed by atoms with Gasteiger partial charge in [0.15, 0.2) is 0 Å². The number of carbonyl (C=O) groups excluding carboxylic acids is 1. The largest absolute Gasteiger partial charge is 0.331 e. The van der Waals surface area contributed by atoms with Gasteiger partial charge < -0.3 is 4.57 Å². The Labute approximate surface area is 162 Å². The first-order chi connectivity index (χ1) is 13.3. The zero-order chi connectivity index (χ0) is 19.9. The van der Waals surface area contributed by atoms with Gasteiger partial charge in [0.05, 0.1) is 11.9 Å². The van der Waals surface area contributed by atoms with Gasteiger partial charge in [0.2, 0.25) is 5.92 Å². The Morgan fingerprint density at radius 1 is 1.14 bits per heavy atom. The van der Waals surface area contributed by atoms with Crippen molar-refractivity contribution in [3.05, 3.63) is 48.2 Å². The summed E-state index contributed by atoms with van der Waals surface area (Å²) in [6.07, 6.45) is 3.96. The number of pyridine rings is 1. The topological polar surface area (TPSA) is 47.8 Å². The number of hydrogen-bond donors (Lipinski definition) is 0. The molecule has 0 bridgehead atoms. The minimum absolute atomic E-state index is 0.0146. The molecule has 2 heterocycles. The Morgan fingerprint density at radius 3 is 2.57 bits per heavy atom. The van der Waals surface area contributed by atoms with Crippen molar-refractivity contribution in [1.82, 2.24) is 14.5 Å². The maximum absolute atomic E-state index is 13.3. The highest BCUT2D eigenvalue weighted by Crippen LogP contribution is 2.36. The number of aryl methyl sites for hydroxylation is 1. The molecule has 0 unspecified atom stereocenters. The zero-order valence-electron chi connectivity index (χ0n) is 16.1. The van der Waals surface area contributed by atoms with Gasteiger partial charge in [-0.25, -0.2) is 13.8 Å². The van der Waals surface area contributed by atoms with Crippen LogP contribution in [0.4, 0.5) is 8.78 Å². The summed E-state index contributed by atoms with van der Waals surface area (Å²) in [5.41, 5.74) is 2.76. The standard InChI is InChI=1S/C22H23F2N3O/c1-14-25-13-20(27(14)2)16-3-4-17-12-26-19(10-18(17)9-16)11-21(28)15-5-7-22(23,24)8-6-15/h3-4,9-10,12-13,15H,5-8,11H2,1-2H3. The van der Waals surface area contributed by atoms with E-state index in [1.54, 1.807) is 6.20 Å². The van der Waals surface area contributed by atoms with Crippen LogP contribution in [0, 0.1) is 12.8 Å². The maximum Gasteiger partial charge on any atom is 0.248 e. The molecule has 3 aromatic rings. The molecule has 4 nitrogen and oxygen atoms in total. The third-order valence-corrected chi connectivity index (χ3v) is 5.82. The van der Waals surface area contributed by atoms with E-state index in [-0.39, 0.29) is 43.8 Å². The normalized spacial score (nSPS) is 17.1. The van der Waals surface area contributed by atoms with Crippen molar-refractivity contribution >= 4 is 16.6 Å². The van der Waals surface area contributed by atoms with Crippen molar-refractivity contribution in [2.24, 2.45) is 13.0 Å². The lowest BCUT2D eigenvalue weighted by Gasteiger charge is -2.27. The zero-order valence-corrected chi connectivity index (χ0v) is 16.1. The second-order valence-corrected chi connectivity index (χ2v) is 7.76. The fraction of sp³-hybridized carbons (Fsp3) is 0.409. The average Bonchev–Trinajstić information content (AvgIpc) is 3.00. The molecule has 0 atom stereocenters. The number of imidazole rings is 1. The van der Waals surface area contributed by atoms with Crippen LogP contribution in [-0.2, 0) is 18.3 Å². The molecule has 2 aromatic heterocycles. The van der Waals surface area contributed by atoms with Crippen LogP contribution in [0.25, 0.3) is 22.0 Å². The summed E-state index contributed by atoms with van der Waals surface area (Å²) < 4.78 is 28.7. The minimum Gasteiger partial charge on any atom is -0.331 e. The third-order valence-electron chi connectivity index (χ3n) is 5.82. The summed E-state index contributed by atoms with van der Waals surface area (Å²) >= 11 is 0. The number of fused-ring (bicyclic) bond motifs is 1. The van der Waals surface area contributed by atoms with Gasteiger partial charge in [-0.3, -0.25) is 9.78 Å². The predicted molar refractivity (Wildman–Crippen MR) is 104 cm³/mol. The number of hydrogen-bond acceptors (Lipinski definition) is 3. The molecule has 0 N–H and O–H groups in total. The number of alkyl halides is 2. The van der Waals surface area contributed by atoms with Crippen LogP contribution in [0.5, 0.6) is 0 Å². The van der Waals surface area contributed by atoms with Crippen molar-refractivity contribution in [1.29, 1.82) is 0 Å². The summed E-state index contributed by atoms with van der Waals surface area (Å²) in [6, 6.07) is 8.04. The van der Waals surface area contributed by atoms with Crippen molar-refractivity contribution in [2.75, 3.05) is 0 Å². The first-order valence-electron chi connectivity index (χ1n) is 9.60. The highest BCUT2D eigenvalue weighted by atomic mass is 19.3. The highest BCUT2D eigenvalue weighted by molar-refractivity contribution is 5.88. The molecule has 0 amide bonds. The summed E-state index contributed by atoms with van der Waals surface area (Å²) in [5.74, 6) is -1.94. The number of benzene rings is 1. The molecule has 0 radical (unpaired) electrons. The second kappa shape index (κ2) is 7.08. The Balaban J connectivity index is 1.55. The Morgan fingerprint density at radius 2 is 1.89 bits per heavy atom. The number of rotatable bonds is 4. The van der Waals surface area contributed by atoms with Gasteiger partial charge in [0, 0.05) is 55.1 Å². The average molecular weight is 383 g/mol. The van der Waals surface area contributed by atoms with Crippen molar-refractivity contribution in [2.45, 2.75) is 45.0 Å². The van der Waals surface area contributed by atoms with Crippen LogP contribution in [-0.4, -0.2) is 26.2 Å². The van der Waals surface area contributed by atoms with E-state index in [2.05, 4.69) is 16.0 Å². The second-order valence-electron chi connectivity index (χ2n) is 7.76. The summed E-state index contributed by atoms with van der Waals surface area (Å²) in [5, 5.41) is 2.00. The molecule has 0 saturated heterocycles. The van der Waals surface area contributed by atoms with Gasteiger partial charge in [-0.2, -0.15) is 0 Å². The Hall–Kier alpha value is -2.63. The molecule has 0 aliphatic heterocycles. The van der Waals surface area contributed by atoms with Gasteiger partial charge in [-0.15, -0.1) is 0 Å². The Bertz CT molecular complexity index is 1030. The fourth-order valence-electron chi connectivity index (χ4n) is 3.90. The lowest BCUT2D eigenvalue weighted by molar-refractivity contribution is -0.126. The molecule has 1 saturated carbocycles. The minimum atomic E-state index is -2.61. The SMILES string of the molecule is Cc1ncc(-c2ccc3cnc(CC(=O)C4CCC(F)(F)CC4)cc3c2)n1C. The molecule has 6 heteroatoms. The number of ketones is 1. The van der Waals surface area contributed by atoms with Gasteiger partial charge >= 0.3 is 0 Å².